The van der Waals surface area contributed by atoms with Crippen molar-refractivity contribution >= 4 is 32.8 Å². The summed E-state index contributed by atoms with van der Waals surface area (Å²) in [4.78, 5) is 12.0. The highest BCUT2D eigenvalue weighted by Crippen LogP contribution is 2.31. The summed E-state index contributed by atoms with van der Waals surface area (Å²) in [6, 6.07) is 16.6. The van der Waals surface area contributed by atoms with Crippen molar-refractivity contribution in [2.24, 2.45) is 0 Å². The van der Waals surface area contributed by atoms with Crippen LogP contribution in [0, 0.1) is 0 Å². The van der Waals surface area contributed by atoms with Gasteiger partial charge in [0, 0.05) is 28.5 Å². The molecule has 2 aromatic carbocycles. The summed E-state index contributed by atoms with van der Waals surface area (Å²) in [5.74, 6) is 0.853. The molecule has 0 spiro atoms. The molecule has 110 valence electrons. The molecule has 3 aromatic rings. The topological polar surface area (TPSA) is 29.0 Å². The Morgan fingerprint density at radius 1 is 0.909 bits per heavy atom. The molecule has 0 bridgehead atoms. The van der Waals surface area contributed by atoms with Gasteiger partial charge >= 0.3 is 0 Å². The molecule has 0 atom stereocenters. The first kappa shape index (κ1) is 13.7. The summed E-state index contributed by atoms with van der Waals surface area (Å²) in [5.41, 5.74) is 3.14. The normalized spacial score (nSPS) is 14.7. The molecule has 0 radical (unpaired) electrons. The van der Waals surface area contributed by atoms with Gasteiger partial charge in [-0.15, -0.1) is 0 Å². The van der Waals surface area contributed by atoms with Gasteiger partial charge in [-0.25, -0.2) is 9.97 Å². The first-order chi connectivity index (χ1) is 10.8. The monoisotopic (exact) mass is 353 g/mol. The zero-order chi connectivity index (χ0) is 14.9. The average Bonchev–Trinajstić information content (AvgIpc) is 3.09. The van der Waals surface area contributed by atoms with Crippen LogP contribution in [0.1, 0.15) is 12.8 Å². The highest BCUT2D eigenvalue weighted by atomic mass is 79.9. The Kier molecular flexibility index (Phi) is 3.54. The van der Waals surface area contributed by atoms with E-state index in [1.165, 1.54) is 12.8 Å². The molecule has 22 heavy (non-hydrogen) atoms. The molecule has 0 unspecified atom stereocenters. The van der Waals surface area contributed by atoms with Crippen LogP contribution in [0.3, 0.4) is 0 Å². The minimum absolute atomic E-state index is 0.853. The van der Waals surface area contributed by atoms with E-state index in [1.54, 1.807) is 0 Å². The molecule has 2 heterocycles. The van der Waals surface area contributed by atoms with Gasteiger partial charge in [-0.2, -0.15) is 0 Å². The fourth-order valence-electron chi connectivity index (χ4n) is 2.96. The number of hydrogen-bond donors (Lipinski definition) is 0. The second-order valence-corrected chi connectivity index (χ2v) is 6.51. The maximum atomic E-state index is 4.89. The smallest absolute Gasteiger partial charge is 0.226 e. The van der Waals surface area contributed by atoms with Crippen molar-refractivity contribution in [2.75, 3.05) is 18.0 Å². The fourth-order valence-corrected chi connectivity index (χ4v) is 3.32. The fraction of sp³-hybridized carbons (Fsp3) is 0.222. The van der Waals surface area contributed by atoms with Crippen molar-refractivity contribution in [3.8, 4) is 11.3 Å². The lowest BCUT2D eigenvalue weighted by Gasteiger charge is -2.17. The second kappa shape index (κ2) is 5.69. The molecule has 1 aromatic heterocycles. The Hall–Kier alpha value is -1.94. The number of fused-ring (bicyclic) bond motifs is 1. The predicted octanol–water partition coefficient (Wildman–Crippen LogP) is 4.66. The molecule has 1 aliphatic rings. The second-order valence-electron chi connectivity index (χ2n) is 5.59. The zero-order valence-electron chi connectivity index (χ0n) is 12.2. The first-order valence-electron chi connectivity index (χ1n) is 7.59. The SMILES string of the molecule is Brc1ccc2nc(N3CCCC3)nc(-c3ccccc3)c2c1. The van der Waals surface area contributed by atoms with E-state index in [1.807, 2.05) is 12.1 Å². The van der Waals surface area contributed by atoms with Gasteiger partial charge in [-0.1, -0.05) is 46.3 Å². The van der Waals surface area contributed by atoms with Gasteiger partial charge in [0.1, 0.15) is 0 Å². The maximum absolute atomic E-state index is 4.89. The minimum Gasteiger partial charge on any atom is -0.341 e. The van der Waals surface area contributed by atoms with Crippen LogP contribution >= 0.6 is 15.9 Å². The number of hydrogen-bond acceptors (Lipinski definition) is 3. The summed E-state index contributed by atoms with van der Waals surface area (Å²) in [6.07, 6.45) is 2.45. The Balaban J connectivity index is 1.96. The molecule has 0 N–H and O–H groups in total. The molecular weight excluding hydrogens is 338 g/mol. The summed E-state index contributed by atoms with van der Waals surface area (Å²) in [7, 11) is 0. The highest BCUT2D eigenvalue weighted by Gasteiger charge is 2.18. The van der Waals surface area contributed by atoms with Crippen LogP contribution in [0.5, 0.6) is 0 Å². The molecule has 1 saturated heterocycles. The maximum Gasteiger partial charge on any atom is 0.226 e. The van der Waals surface area contributed by atoms with Crippen LogP contribution in [0.25, 0.3) is 22.2 Å². The first-order valence-corrected chi connectivity index (χ1v) is 8.38. The lowest BCUT2D eigenvalue weighted by molar-refractivity contribution is 0.909. The van der Waals surface area contributed by atoms with E-state index in [2.05, 4.69) is 57.2 Å². The lowest BCUT2D eigenvalue weighted by Crippen LogP contribution is -2.20. The summed E-state index contributed by atoms with van der Waals surface area (Å²) < 4.78 is 1.05. The van der Waals surface area contributed by atoms with Crippen molar-refractivity contribution < 1.29 is 0 Å². The summed E-state index contributed by atoms with van der Waals surface area (Å²) >= 11 is 3.56. The van der Waals surface area contributed by atoms with E-state index in [0.29, 0.717) is 0 Å². The number of anilines is 1. The van der Waals surface area contributed by atoms with Crippen molar-refractivity contribution in [1.29, 1.82) is 0 Å². The third kappa shape index (κ3) is 2.48. The molecule has 1 fully saturated rings. The highest BCUT2D eigenvalue weighted by molar-refractivity contribution is 9.10. The van der Waals surface area contributed by atoms with Crippen molar-refractivity contribution in [1.82, 2.24) is 9.97 Å². The molecule has 4 heteroatoms. The van der Waals surface area contributed by atoms with E-state index >= 15 is 0 Å². The Bertz CT molecular complexity index is 811. The van der Waals surface area contributed by atoms with Crippen molar-refractivity contribution in [2.45, 2.75) is 12.8 Å². The largest absolute Gasteiger partial charge is 0.341 e. The van der Waals surface area contributed by atoms with Gasteiger partial charge in [-0.3, -0.25) is 0 Å². The number of nitrogens with zero attached hydrogens (tertiary/aromatic N) is 3. The van der Waals surface area contributed by atoms with Gasteiger partial charge in [0.25, 0.3) is 0 Å². The molecule has 0 aliphatic carbocycles. The molecule has 0 saturated carbocycles. The number of aromatic nitrogens is 2. The van der Waals surface area contributed by atoms with Gasteiger partial charge in [0.15, 0.2) is 0 Å². The molecule has 1 aliphatic heterocycles. The number of halogens is 1. The van der Waals surface area contributed by atoms with E-state index in [4.69, 9.17) is 9.97 Å². The lowest BCUT2D eigenvalue weighted by atomic mass is 10.1. The Morgan fingerprint density at radius 3 is 2.45 bits per heavy atom. The summed E-state index contributed by atoms with van der Waals surface area (Å²) in [6.45, 7) is 2.10. The zero-order valence-corrected chi connectivity index (χ0v) is 13.8. The number of rotatable bonds is 2. The van der Waals surface area contributed by atoms with Crippen molar-refractivity contribution in [3.05, 3.63) is 53.0 Å². The van der Waals surface area contributed by atoms with Crippen LogP contribution < -0.4 is 4.90 Å². The molecule has 4 rings (SSSR count). The van der Waals surface area contributed by atoms with Crippen LogP contribution in [-0.2, 0) is 0 Å². The predicted molar refractivity (Wildman–Crippen MR) is 94.1 cm³/mol. The van der Waals surface area contributed by atoms with E-state index in [-0.39, 0.29) is 0 Å². The van der Waals surface area contributed by atoms with Gasteiger partial charge < -0.3 is 4.90 Å². The summed E-state index contributed by atoms with van der Waals surface area (Å²) in [5, 5.41) is 1.09. The van der Waals surface area contributed by atoms with Gasteiger partial charge in [0.05, 0.1) is 11.2 Å². The van der Waals surface area contributed by atoms with E-state index < -0.39 is 0 Å². The number of benzene rings is 2. The molecular formula is C18H16BrN3. The van der Waals surface area contributed by atoms with Gasteiger partial charge in [0.2, 0.25) is 5.95 Å². The third-order valence-electron chi connectivity index (χ3n) is 4.08. The van der Waals surface area contributed by atoms with Crippen LogP contribution in [0.2, 0.25) is 0 Å². The standard InChI is InChI=1S/C18H16BrN3/c19-14-8-9-16-15(12-14)17(13-6-2-1-3-7-13)21-18(20-16)22-10-4-5-11-22/h1-3,6-9,12H,4-5,10-11H2. The molecule has 3 nitrogen and oxygen atoms in total. The quantitative estimate of drug-likeness (QED) is 0.670. The van der Waals surface area contributed by atoms with Crippen molar-refractivity contribution in [3.63, 3.8) is 0 Å². The van der Waals surface area contributed by atoms with Gasteiger partial charge in [-0.05, 0) is 31.0 Å². The average molecular weight is 354 g/mol. The van der Waals surface area contributed by atoms with E-state index in [9.17, 15) is 0 Å². The van der Waals surface area contributed by atoms with Crippen LogP contribution in [-0.4, -0.2) is 23.1 Å². The van der Waals surface area contributed by atoms with E-state index in [0.717, 1.165) is 45.7 Å². The third-order valence-corrected chi connectivity index (χ3v) is 4.58. The van der Waals surface area contributed by atoms with Crippen LogP contribution in [0.15, 0.2) is 53.0 Å². The van der Waals surface area contributed by atoms with Crippen LogP contribution in [0.4, 0.5) is 5.95 Å². The minimum atomic E-state index is 0.853. The Morgan fingerprint density at radius 2 is 1.68 bits per heavy atom. The Labute approximate surface area is 138 Å². The molecule has 0 amide bonds.